The highest BCUT2D eigenvalue weighted by molar-refractivity contribution is 6.26. The lowest BCUT2D eigenvalue weighted by Crippen LogP contribution is -2.00. The van der Waals surface area contributed by atoms with Crippen molar-refractivity contribution >= 4 is 54.3 Å². The lowest BCUT2D eigenvalue weighted by Gasteiger charge is -2.10. The predicted octanol–water partition coefficient (Wildman–Crippen LogP) is 10.2. The highest BCUT2D eigenvalue weighted by Gasteiger charge is 2.17. The molecule has 0 saturated heterocycles. The van der Waals surface area contributed by atoms with Crippen LogP contribution in [0.5, 0.6) is 0 Å². The van der Waals surface area contributed by atoms with Crippen molar-refractivity contribution in [2.75, 3.05) is 0 Å². The van der Waals surface area contributed by atoms with E-state index in [9.17, 15) is 0 Å². The monoisotopic (exact) mass is 549 g/mol. The maximum atomic E-state index is 6.38. The van der Waals surface area contributed by atoms with E-state index in [1.165, 1.54) is 21.5 Å². The van der Waals surface area contributed by atoms with Gasteiger partial charge in [0.05, 0.1) is 0 Å². The molecule has 0 bridgehead atoms. The molecule has 2 aromatic heterocycles. The van der Waals surface area contributed by atoms with Gasteiger partial charge in [-0.3, -0.25) is 0 Å². The average Bonchev–Trinajstić information content (AvgIpc) is 3.46. The summed E-state index contributed by atoms with van der Waals surface area (Å²) >= 11 is 0. The van der Waals surface area contributed by atoms with Crippen molar-refractivity contribution in [3.63, 3.8) is 0 Å². The molecule has 0 atom stereocenters. The summed E-state index contributed by atoms with van der Waals surface area (Å²) in [6, 6.07) is 48.0. The molecular weight excluding hydrogens is 526 g/mol. The molecule has 9 rings (SSSR count). The van der Waals surface area contributed by atoms with Crippen molar-refractivity contribution in [1.29, 1.82) is 0 Å². The standard InChI is InChI=1S/C39H23N3O/c1-2-11-27(12-3-1)37-40-38(42-39(41-37)31-16-8-13-24-9-4-6-14-29(24)31)28-20-21-33-32(23-28)36-34(43-33)22-19-26-18-17-25-10-5-7-15-30(25)35(26)36/h1-23H. The second kappa shape index (κ2) is 9.33. The molecule has 0 aliphatic rings. The lowest BCUT2D eigenvalue weighted by molar-refractivity contribution is 0.669. The fraction of sp³-hybridized carbons (Fsp3) is 0. The van der Waals surface area contributed by atoms with Gasteiger partial charge in [0.25, 0.3) is 0 Å². The predicted molar refractivity (Wildman–Crippen MR) is 176 cm³/mol. The van der Waals surface area contributed by atoms with Gasteiger partial charge < -0.3 is 4.42 Å². The molecule has 2 heterocycles. The first-order valence-corrected chi connectivity index (χ1v) is 14.4. The summed E-state index contributed by atoms with van der Waals surface area (Å²) in [6.45, 7) is 0. The van der Waals surface area contributed by atoms with E-state index in [0.717, 1.165) is 49.4 Å². The number of furan rings is 1. The van der Waals surface area contributed by atoms with Gasteiger partial charge in [-0.1, -0.05) is 115 Å². The van der Waals surface area contributed by atoms with E-state index in [0.29, 0.717) is 17.5 Å². The average molecular weight is 550 g/mol. The fourth-order valence-electron chi connectivity index (χ4n) is 6.26. The second-order valence-electron chi connectivity index (χ2n) is 10.8. The third-order valence-corrected chi connectivity index (χ3v) is 8.30. The molecule has 0 amide bonds. The Morgan fingerprint density at radius 1 is 0.372 bits per heavy atom. The first kappa shape index (κ1) is 23.8. The summed E-state index contributed by atoms with van der Waals surface area (Å²) in [5, 5.41) is 9.21. The molecule has 0 radical (unpaired) electrons. The molecule has 0 fully saturated rings. The zero-order valence-electron chi connectivity index (χ0n) is 23.0. The van der Waals surface area contributed by atoms with Crippen molar-refractivity contribution in [3.05, 3.63) is 140 Å². The van der Waals surface area contributed by atoms with Crippen molar-refractivity contribution in [3.8, 4) is 34.2 Å². The molecule has 43 heavy (non-hydrogen) atoms. The van der Waals surface area contributed by atoms with Crippen LogP contribution >= 0.6 is 0 Å². The van der Waals surface area contributed by atoms with E-state index in [1.54, 1.807) is 0 Å². The largest absolute Gasteiger partial charge is 0.456 e. The number of hydrogen-bond acceptors (Lipinski definition) is 4. The van der Waals surface area contributed by atoms with Crippen LogP contribution in [0.1, 0.15) is 0 Å². The van der Waals surface area contributed by atoms with Crippen LogP contribution in [0.2, 0.25) is 0 Å². The van der Waals surface area contributed by atoms with Crippen LogP contribution in [-0.4, -0.2) is 15.0 Å². The summed E-state index contributed by atoms with van der Waals surface area (Å²) in [5.74, 6) is 1.91. The van der Waals surface area contributed by atoms with Gasteiger partial charge in [0.15, 0.2) is 17.5 Å². The minimum Gasteiger partial charge on any atom is -0.456 e. The Kier molecular flexibility index (Phi) is 5.16. The highest BCUT2D eigenvalue weighted by Crippen LogP contribution is 2.40. The molecule has 7 aromatic carbocycles. The van der Waals surface area contributed by atoms with Crippen molar-refractivity contribution in [1.82, 2.24) is 15.0 Å². The molecule has 0 saturated carbocycles. The Morgan fingerprint density at radius 3 is 1.86 bits per heavy atom. The third-order valence-electron chi connectivity index (χ3n) is 8.30. The Hall–Kier alpha value is -5.87. The van der Waals surface area contributed by atoms with Crippen LogP contribution in [0.3, 0.4) is 0 Å². The van der Waals surface area contributed by atoms with Crippen LogP contribution in [-0.2, 0) is 0 Å². The number of rotatable bonds is 3. The normalized spacial score (nSPS) is 11.7. The van der Waals surface area contributed by atoms with E-state index in [4.69, 9.17) is 19.4 Å². The number of nitrogens with zero attached hydrogens (tertiary/aromatic N) is 3. The Bertz CT molecular complexity index is 2510. The maximum Gasteiger partial charge on any atom is 0.164 e. The van der Waals surface area contributed by atoms with Crippen molar-refractivity contribution < 1.29 is 4.42 Å². The zero-order valence-corrected chi connectivity index (χ0v) is 23.0. The van der Waals surface area contributed by atoms with Gasteiger partial charge in [-0.05, 0) is 51.2 Å². The molecule has 0 spiro atoms. The number of hydrogen-bond donors (Lipinski definition) is 0. The summed E-state index contributed by atoms with van der Waals surface area (Å²) < 4.78 is 6.38. The van der Waals surface area contributed by atoms with Gasteiger partial charge in [-0.15, -0.1) is 0 Å². The molecule has 0 aliphatic heterocycles. The van der Waals surface area contributed by atoms with Crippen LogP contribution in [0.4, 0.5) is 0 Å². The summed E-state index contributed by atoms with van der Waals surface area (Å²) in [7, 11) is 0. The SMILES string of the molecule is c1ccc(-c2nc(-c3ccc4oc5ccc6ccc7ccccc7c6c5c4c3)nc(-c3cccc4ccccc34)n2)cc1. The second-order valence-corrected chi connectivity index (χ2v) is 10.8. The summed E-state index contributed by atoms with van der Waals surface area (Å²) in [5.41, 5.74) is 4.54. The lowest BCUT2D eigenvalue weighted by atomic mass is 9.97. The quantitative estimate of drug-likeness (QED) is 0.206. The Labute approximate surface area is 246 Å². The van der Waals surface area contributed by atoms with E-state index < -0.39 is 0 Å². The molecule has 0 unspecified atom stereocenters. The fourth-order valence-corrected chi connectivity index (χ4v) is 6.26. The molecule has 4 heteroatoms. The summed E-state index contributed by atoms with van der Waals surface area (Å²) in [4.78, 5) is 15.1. The summed E-state index contributed by atoms with van der Waals surface area (Å²) in [6.07, 6.45) is 0. The molecular formula is C39H23N3O. The minimum absolute atomic E-state index is 0.623. The van der Waals surface area contributed by atoms with E-state index in [-0.39, 0.29) is 0 Å². The van der Waals surface area contributed by atoms with Gasteiger partial charge in [0.1, 0.15) is 11.2 Å². The molecule has 200 valence electrons. The minimum atomic E-state index is 0.623. The number of aromatic nitrogens is 3. The smallest absolute Gasteiger partial charge is 0.164 e. The molecule has 9 aromatic rings. The Morgan fingerprint density at radius 2 is 1.00 bits per heavy atom. The first-order chi connectivity index (χ1) is 21.3. The topological polar surface area (TPSA) is 51.8 Å². The molecule has 4 nitrogen and oxygen atoms in total. The van der Waals surface area contributed by atoms with Crippen LogP contribution in [0, 0.1) is 0 Å². The maximum absolute atomic E-state index is 6.38. The van der Waals surface area contributed by atoms with Crippen molar-refractivity contribution in [2.24, 2.45) is 0 Å². The van der Waals surface area contributed by atoms with Crippen LogP contribution < -0.4 is 0 Å². The third kappa shape index (κ3) is 3.81. The van der Waals surface area contributed by atoms with Gasteiger partial charge in [0, 0.05) is 32.8 Å². The number of fused-ring (bicyclic) bond motifs is 8. The van der Waals surface area contributed by atoms with E-state index >= 15 is 0 Å². The zero-order chi connectivity index (χ0) is 28.3. The number of benzene rings is 7. The van der Waals surface area contributed by atoms with Gasteiger partial charge in [0.2, 0.25) is 0 Å². The Balaban J connectivity index is 1.32. The highest BCUT2D eigenvalue weighted by atomic mass is 16.3. The first-order valence-electron chi connectivity index (χ1n) is 14.4. The van der Waals surface area contributed by atoms with E-state index in [2.05, 4.69) is 97.1 Å². The van der Waals surface area contributed by atoms with Crippen LogP contribution in [0.15, 0.2) is 144 Å². The van der Waals surface area contributed by atoms with Gasteiger partial charge >= 0.3 is 0 Å². The van der Waals surface area contributed by atoms with Crippen molar-refractivity contribution in [2.45, 2.75) is 0 Å². The van der Waals surface area contributed by atoms with Gasteiger partial charge in [-0.2, -0.15) is 0 Å². The molecule has 0 aliphatic carbocycles. The van der Waals surface area contributed by atoms with Crippen LogP contribution in [0.25, 0.3) is 88.4 Å². The van der Waals surface area contributed by atoms with E-state index in [1.807, 2.05) is 42.5 Å². The van der Waals surface area contributed by atoms with Gasteiger partial charge in [-0.25, -0.2) is 15.0 Å². The molecule has 0 N–H and O–H groups in total.